The molecule has 0 aliphatic carbocycles. The number of hydrazone groups is 1. The van der Waals surface area contributed by atoms with Gasteiger partial charge >= 0.3 is 17.8 Å². The molecule has 9 heteroatoms. The average Bonchev–Trinajstić information content (AvgIpc) is 2.81. The number of carbonyl (C=O) groups is 3. The van der Waals surface area contributed by atoms with Crippen molar-refractivity contribution >= 4 is 45.6 Å². The molecule has 0 aliphatic heterocycles. The second-order valence-corrected chi connectivity index (χ2v) is 7.68. The summed E-state index contributed by atoms with van der Waals surface area (Å²) in [6.45, 7) is 1.81. The molecule has 0 saturated carbocycles. The summed E-state index contributed by atoms with van der Waals surface area (Å²) in [7, 11) is 1.53. The standard InChI is InChI=1S/C24H20BrN3O5/c1-15-13-18(25)9-12-20(15)27-22(29)23(30)28-26-14-17-5-3-4-6-21(17)33-24(31)16-7-10-19(32-2)11-8-16/h3-14H,1-2H3,(H,27,29)(H,28,30)/b26-14+. The summed E-state index contributed by atoms with van der Waals surface area (Å²) in [5.74, 6) is -1.51. The topological polar surface area (TPSA) is 106 Å². The Bertz CT molecular complexity index is 1210. The highest BCUT2D eigenvalue weighted by Gasteiger charge is 2.15. The second-order valence-electron chi connectivity index (χ2n) is 6.77. The minimum atomic E-state index is -0.943. The maximum absolute atomic E-state index is 12.4. The number of carbonyl (C=O) groups excluding carboxylic acids is 3. The molecule has 33 heavy (non-hydrogen) atoms. The summed E-state index contributed by atoms with van der Waals surface area (Å²) in [6, 6.07) is 18.4. The van der Waals surface area contributed by atoms with E-state index < -0.39 is 17.8 Å². The fourth-order valence-electron chi connectivity index (χ4n) is 2.72. The minimum absolute atomic E-state index is 0.242. The molecule has 168 valence electrons. The summed E-state index contributed by atoms with van der Waals surface area (Å²) < 4.78 is 11.4. The first-order chi connectivity index (χ1) is 15.9. The maximum Gasteiger partial charge on any atom is 0.343 e. The van der Waals surface area contributed by atoms with Crippen LogP contribution in [0.2, 0.25) is 0 Å². The van der Waals surface area contributed by atoms with Gasteiger partial charge in [-0.05, 0) is 67.1 Å². The average molecular weight is 510 g/mol. The van der Waals surface area contributed by atoms with E-state index in [4.69, 9.17) is 9.47 Å². The highest BCUT2D eigenvalue weighted by atomic mass is 79.9. The van der Waals surface area contributed by atoms with Gasteiger partial charge in [0, 0.05) is 15.7 Å². The minimum Gasteiger partial charge on any atom is -0.497 e. The zero-order valence-electron chi connectivity index (χ0n) is 17.8. The van der Waals surface area contributed by atoms with E-state index in [-0.39, 0.29) is 5.75 Å². The van der Waals surface area contributed by atoms with Crippen LogP contribution in [-0.4, -0.2) is 31.1 Å². The smallest absolute Gasteiger partial charge is 0.343 e. The van der Waals surface area contributed by atoms with Crippen LogP contribution in [0.5, 0.6) is 11.5 Å². The van der Waals surface area contributed by atoms with Crippen LogP contribution in [0, 0.1) is 6.92 Å². The van der Waals surface area contributed by atoms with Crippen molar-refractivity contribution in [2.75, 3.05) is 12.4 Å². The molecule has 2 N–H and O–H groups in total. The first kappa shape index (κ1) is 23.7. The van der Waals surface area contributed by atoms with Gasteiger partial charge in [-0.1, -0.05) is 28.1 Å². The summed E-state index contributed by atoms with van der Waals surface area (Å²) in [5, 5.41) is 6.33. The molecule has 3 aromatic carbocycles. The Labute approximate surface area is 198 Å². The number of halogens is 1. The Kier molecular flexibility index (Phi) is 7.93. The lowest BCUT2D eigenvalue weighted by molar-refractivity contribution is -0.136. The highest BCUT2D eigenvalue weighted by Crippen LogP contribution is 2.20. The molecule has 0 radical (unpaired) electrons. The predicted molar refractivity (Wildman–Crippen MR) is 128 cm³/mol. The largest absolute Gasteiger partial charge is 0.497 e. The number of nitrogens with zero attached hydrogens (tertiary/aromatic N) is 1. The molecule has 2 amide bonds. The van der Waals surface area contributed by atoms with Gasteiger partial charge in [0.1, 0.15) is 11.5 Å². The Morgan fingerprint density at radius 3 is 2.39 bits per heavy atom. The van der Waals surface area contributed by atoms with Crippen LogP contribution in [0.15, 0.2) is 76.3 Å². The zero-order chi connectivity index (χ0) is 23.8. The Hall–Kier alpha value is -3.98. The lowest BCUT2D eigenvalue weighted by atomic mass is 10.2. The second kappa shape index (κ2) is 11.1. The fourth-order valence-corrected chi connectivity index (χ4v) is 3.20. The third-order valence-corrected chi connectivity index (χ3v) is 4.95. The summed E-state index contributed by atoms with van der Waals surface area (Å²) in [6.07, 6.45) is 1.28. The molecule has 0 unspecified atom stereocenters. The monoisotopic (exact) mass is 509 g/mol. The lowest BCUT2D eigenvalue weighted by Gasteiger charge is -2.08. The van der Waals surface area contributed by atoms with Crippen molar-refractivity contribution in [3.05, 3.63) is 87.9 Å². The molecule has 3 aromatic rings. The SMILES string of the molecule is COc1ccc(C(=O)Oc2ccccc2/C=N/NC(=O)C(=O)Nc2ccc(Br)cc2C)cc1. The van der Waals surface area contributed by atoms with Crippen molar-refractivity contribution in [3.8, 4) is 11.5 Å². The number of amides is 2. The Balaban J connectivity index is 1.62. The number of hydrogen-bond acceptors (Lipinski definition) is 6. The van der Waals surface area contributed by atoms with Crippen molar-refractivity contribution in [2.45, 2.75) is 6.92 Å². The molecular formula is C24H20BrN3O5. The van der Waals surface area contributed by atoms with Gasteiger partial charge < -0.3 is 14.8 Å². The van der Waals surface area contributed by atoms with Gasteiger partial charge in [-0.15, -0.1) is 0 Å². The number of aryl methyl sites for hydroxylation is 1. The number of anilines is 1. The molecule has 3 rings (SSSR count). The first-order valence-corrected chi connectivity index (χ1v) is 10.5. The predicted octanol–water partition coefficient (Wildman–Crippen LogP) is 4.07. The van der Waals surface area contributed by atoms with Crippen LogP contribution in [0.3, 0.4) is 0 Å². The van der Waals surface area contributed by atoms with E-state index >= 15 is 0 Å². The van der Waals surface area contributed by atoms with E-state index in [0.29, 0.717) is 22.6 Å². The fraction of sp³-hybridized carbons (Fsp3) is 0.0833. The van der Waals surface area contributed by atoms with Gasteiger partial charge in [-0.25, -0.2) is 10.2 Å². The van der Waals surface area contributed by atoms with Gasteiger partial charge in [-0.2, -0.15) is 5.10 Å². The summed E-state index contributed by atoms with van der Waals surface area (Å²) >= 11 is 3.34. The van der Waals surface area contributed by atoms with E-state index in [1.54, 1.807) is 67.6 Å². The molecule has 0 heterocycles. The van der Waals surface area contributed by atoms with Gasteiger partial charge in [0.2, 0.25) is 0 Å². The van der Waals surface area contributed by atoms with Crippen molar-refractivity contribution in [1.82, 2.24) is 5.43 Å². The van der Waals surface area contributed by atoms with E-state index in [1.807, 2.05) is 6.07 Å². The molecule has 0 atom stereocenters. The maximum atomic E-state index is 12.4. The molecule has 0 bridgehead atoms. The van der Waals surface area contributed by atoms with Crippen LogP contribution in [-0.2, 0) is 9.59 Å². The molecule has 0 saturated heterocycles. The van der Waals surface area contributed by atoms with Crippen molar-refractivity contribution in [2.24, 2.45) is 5.10 Å². The number of nitrogens with one attached hydrogen (secondary N) is 2. The highest BCUT2D eigenvalue weighted by molar-refractivity contribution is 9.10. The number of hydrogen-bond donors (Lipinski definition) is 2. The first-order valence-electron chi connectivity index (χ1n) is 9.73. The van der Waals surface area contributed by atoms with E-state index in [2.05, 4.69) is 31.8 Å². The molecule has 0 fully saturated rings. The number of rotatable bonds is 6. The normalized spacial score (nSPS) is 10.5. The van der Waals surface area contributed by atoms with E-state index in [9.17, 15) is 14.4 Å². The number of methoxy groups -OCH3 is 1. The third-order valence-electron chi connectivity index (χ3n) is 4.46. The number of benzene rings is 3. The Morgan fingerprint density at radius 2 is 1.70 bits per heavy atom. The van der Waals surface area contributed by atoms with Crippen molar-refractivity contribution in [3.63, 3.8) is 0 Å². The zero-order valence-corrected chi connectivity index (χ0v) is 19.4. The van der Waals surface area contributed by atoms with Gasteiger partial charge in [0.25, 0.3) is 0 Å². The van der Waals surface area contributed by atoms with Crippen LogP contribution in [0.4, 0.5) is 5.69 Å². The molecular weight excluding hydrogens is 490 g/mol. The number of para-hydroxylation sites is 1. The van der Waals surface area contributed by atoms with Crippen molar-refractivity contribution in [1.29, 1.82) is 0 Å². The van der Waals surface area contributed by atoms with Crippen molar-refractivity contribution < 1.29 is 23.9 Å². The molecule has 0 aliphatic rings. The number of esters is 1. The van der Waals surface area contributed by atoms with E-state index in [1.165, 1.54) is 13.3 Å². The van der Waals surface area contributed by atoms with Gasteiger partial charge in [-0.3, -0.25) is 9.59 Å². The van der Waals surface area contributed by atoms with Crippen LogP contribution >= 0.6 is 15.9 Å². The van der Waals surface area contributed by atoms with Gasteiger partial charge in [0.15, 0.2) is 0 Å². The summed E-state index contributed by atoms with van der Waals surface area (Å²) in [5.41, 5.74) is 4.24. The van der Waals surface area contributed by atoms with Crippen LogP contribution in [0.25, 0.3) is 0 Å². The summed E-state index contributed by atoms with van der Waals surface area (Å²) in [4.78, 5) is 36.6. The quantitative estimate of drug-likeness (QED) is 0.171. The van der Waals surface area contributed by atoms with E-state index in [0.717, 1.165) is 10.0 Å². The molecule has 0 spiro atoms. The molecule has 0 aromatic heterocycles. The lowest BCUT2D eigenvalue weighted by Crippen LogP contribution is -2.32. The van der Waals surface area contributed by atoms with Crippen LogP contribution in [0.1, 0.15) is 21.5 Å². The Morgan fingerprint density at radius 1 is 0.970 bits per heavy atom. The van der Waals surface area contributed by atoms with Gasteiger partial charge in [0.05, 0.1) is 18.9 Å². The molecule has 8 nitrogen and oxygen atoms in total. The van der Waals surface area contributed by atoms with Crippen LogP contribution < -0.4 is 20.2 Å². The number of ether oxygens (including phenoxy) is 2. The third kappa shape index (κ3) is 6.50.